The Balaban J connectivity index is 3.15. The van der Waals surface area contributed by atoms with E-state index in [0.717, 1.165) is 0 Å². The van der Waals surface area contributed by atoms with Crippen LogP contribution < -0.4 is 10.5 Å². The van der Waals surface area contributed by atoms with Gasteiger partial charge in [0, 0.05) is 5.56 Å². The summed E-state index contributed by atoms with van der Waals surface area (Å²) in [5.41, 5.74) is 0.148. The van der Waals surface area contributed by atoms with E-state index in [2.05, 4.69) is 5.32 Å². The largest absolute Gasteiger partial charge is 0.481 e. The number of rotatable bonds is 6. The number of halogens is 1. The highest BCUT2D eigenvalue weighted by molar-refractivity contribution is 6.90. The van der Waals surface area contributed by atoms with Gasteiger partial charge < -0.3 is 19.6 Å². The Labute approximate surface area is 160 Å². The predicted molar refractivity (Wildman–Crippen MR) is 104 cm³/mol. The molecule has 0 aliphatic rings. The number of hydrogen-bond acceptors (Lipinski definition) is 3. The normalized spacial score (nSPS) is 13.7. The van der Waals surface area contributed by atoms with Crippen molar-refractivity contribution in [2.24, 2.45) is 0 Å². The minimum absolute atomic E-state index is 0.148. The fraction of sp³-hybridized carbons (Fsp3) is 0.526. The lowest BCUT2D eigenvalue weighted by Gasteiger charge is -2.44. The molecule has 150 valence electrons. The van der Waals surface area contributed by atoms with Crippen LogP contribution in [0.5, 0.6) is 0 Å². The van der Waals surface area contributed by atoms with Crippen LogP contribution in [0.3, 0.4) is 0 Å². The summed E-state index contributed by atoms with van der Waals surface area (Å²) in [7, 11) is -3.46. The van der Waals surface area contributed by atoms with Gasteiger partial charge in [-0.1, -0.05) is 53.7 Å². The van der Waals surface area contributed by atoms with Crippen molar-refractivity contribution in [2.45, 2.75) is 64.1 Å². The summed E-state index contributed by atoms with van der Waals surface area (Å²) in [5, 5.41) is 19.4. The summed E-state index contributed by atoms with van der Waals surface area (Å²) < 4.78 is 16.2. The van der Waals surface area contributed by atoms with Crippen LogP contribution in [0.4, 0.5) is 4.11 Å². The third-order valence-corrected chi connectivity index (χ3v) is 9.86. The molecule has 1 rings (SSSR count). The average Bonchev–Trinajstić information content (AvgIpc) is 2.50. The van der Waals surface area contributed by atoms with Crippen molar-refractivity contribution in [3.63, 3.8) is 0 Å². The molecular weight excluding hydrogens is 369 g/mol. The first-order valence-corrected chi connectivity index (χ1v) is 10.5. The summed E-state index contributed by atoms with van der Waals surface area (Å²) in [5.74, 6) is -3.48. The minimum atomic E-state index is -3.46. The van der Waals surface area contributed by atoms with E-state index in [0.29, 0.717) is 5.19 Å². The average molecular weight is 398 g/mol. The molecule has 1 amide bonds. The number of hydrogen-bond donors (Lipinski definition) is 3. The van der Waals surface area contributed by atoms with Gasteiger partial charge in [0.1, 0.15) is 6.04 Å². The van der Waals surface area contributed by atoms with E-state index in [1.165, 1.54) is 12.1 Å². The van der Waals surface area contributed by atoms with Gasteiger partial charge in [0.2, 0.25) is 0 Å². The quantitative estimate of drug-likeness (QED) is 0.506. The molecule has 0 radical (unpaired) electrons. The van der Waals surface area contributed by atoms with Crippen LogP contribution in [0.15, 0.2) is 24.3 Å². The maximum absolute atomic E-state index is 16.2. The molecule has 6 nitrogen and oxygen atoms in total. The van der Waals surface area contributed by atoms with Gasteiger partial charge in [-0.2, -0.15) is 0 Å². The smallest absolute Gasteiger partial charge is 0.326 e. The van der Waals surface area contributed by atoms with Gasteiger partial charge >= 0.3 is 11.9 Å². The Kier molecular flexibility index (Phi) is 6.59. The fourth-order valence-electron chi connectivity index (χ4n) is 3.46. The second-order valence-corrected chi connectivity index (χ2v) is 13.6. The van der Waals surface area contributed by atoms with Crippen LogP contribution in [-0.4, -0.2) is 42.5 Å². The molecule has 1 aromatic rings. The standard InChI is InChI=1S/C19H28FNO5Si/c1-18(2,3)27(20,19(4,5)6)13-9-7-12(8-10-13)16(24)21-14(17(25)26)11-15(22)23/h7-10,14H,11H2,1-6H3,(H,21,24)(H,22,23)(H,25,26)/t14-/m1/s1. The molecule has 0 aromatic heterocycles. The number of carbonyl (C=O) groups is 3. The zero-order valence-electron chi connectivity index (χ0n) is 16.6. The highest BCUT2D eigenvalue weighted by atomic mass is 28.4. The van der Waals surface area contributed by atoms with Crippen LogP contribution in [0, 0.1) is 0 Å². The Bertz CT molecular complexity index is 705. The molecule has 0 unspecified atom stereocenters. The Morgan fingerprint density at radius 1 is 1.00 bits per heavy atom. The van der Waals surface area contributed by atoms with Crippen molar-refractivity contribution >= 4 is 31.4 Å². The number of carboxylic acids is 2. The molecule has 1 atom stereocenters. The summed E-state index contributed by atoms with van der Waals surface area (Å²) in [6.07, 6.45) is -0.728. The van der Waals surface area contributed by atoms with Crippen molar-refractivity contribution in [1.29, 1.82) is 0 Å². The molecular formula is C19H28FNO5Si. The van der Waals surface area contributed by atoms with Crippen LogP contribution in [0.2, 0.25) is 10.1 Å². The van der Waals surface area contributed by atoms with E-state index < -0.39 is 48.8 Å². The van der Waals surface area contributed by atoms with Crippen LogP contribution in [0.25, 0.3) is 0 Å². The number of amides is 1. The van der Waals surface area contributed by atoms with Gasteiger partial charge in [-0.15, -0.1) is 0 Å². The topological polar surface area (TPSA) is 104 Å². The maximum atomic E-state index is 16.2. The fourth-order valence-corrected chi connectivity index (χ4v) is 8.07. The Morgan fingerprint density at radius 3 is 1.78 bits per heavy atom. The number of carbonyl (C=O) groups excluding carboxylic acids is 1. The molecule has 0 heterocycles. The first-order chi connectivity index (χ1) is 12.1. The summed E-state index contributed by atoms with van der Waals surface area (Å²) in [6.45, 7) is 11.2. The van der Waals surface area contributed by atoms with E-state index in [9.17, 15) is 14.4 Å². The molecule has 8 heteroatoms. The third-order valence-electron chi connectivity index (χ3n) is 4.59. The number of benzene rings is 1. The number of carboxylic acid groups (broad SMARTS) is 2. The van der Waals surface area contributed by atoms with Gasteiger partial charge in [0.15, 0.2) is 0 Å². The molecule has 0 bridgehead atoms. The molecule has 0 spiro atoms. The van der Waals surface area contributed by atoms with Gasteiger partial charge in [0.05, 0.1) is 6.42 Å². The van der Waals surface area contributed by atoms with E-state index in [4.69, 9.17) is 10.2 Å². The lowest BCUT2D eigenvalue weighted by molar-refractivity contribution is -0.145. The zero-order valence-corrected chi connectivity index (χ0v) is 17.6. The van der Waals surface area contributed by atoms with E-state index >= 15 is 4.11 Å². The lowest BCUT2D eigenvalue weighted by atomic mass is 10.1. The highest BCUT2D eigenvalue weighted by Gasteiger charge is 2.56. The lowest BCUT2D eigenvalue weighted by Crippen LogP contribution is -2.57. The maximum Gasteiger partial charge on any atom is 0.326 e. The highest BCUT2D eigenvalue weighted by Crippen LogP contribution is 2.51. The van der Waals surface area contributed by atoms with E-state index in [-0.39, 0.29) is 5.56 Å². The van der Waals surface area contributed by atoms with Crippen molar-refractivity contribution in [2.75, 3.05) is 0 Å². The van der Waals surface area contributed by atoms with Gasteiger partial charge in [-0.3, -0.25) is 9.59 Å². The van der Waals surface area contributed by atoms with Crippen LogP contribution >= 0.6 is 0 Å². The van der Waals surface area contributed by atoms with E-state index in [1.54, 1.807) is 12.1 Å². The molecule has 0 fully saturated rings. The van der Waals surface area contributed by atoms with Gasteiger partial charge in [-0.05, 0) is 27.4 Å². The summed E-state index contributed by atoms with van der Waals surface area (Å²) >= 11 is 0. The molecule has 27 heavy (non-hydrogen) atoms. The molecule has 0 aliphatic heterocycles. The first kappa shape index (κ1) is 22.8. The Morgan fingerprint density at radius 2 is 1.44 bits per heavy atom. The van der Waals surface area contributed by atoms with Crippen molar-refractivity contribution in [1.82, 2.24) is 5.32 Å². The SMILES string of the molecule is CC(C)(C)[Si](F)(c1ccc(C(=O)N[C@H](CC(=O)O)C(=O)O)cc1)C(C)(C)C. The van der Waals surface area contributed by atoms with E-state index in [1.807, 2.05) is 41.5 Å². The monoisotopic (exact) mass is 397 g/mol. The van der Waals surface area contributed by atoms with Gasteiger partial charge in [0.25, 0.3) is 14.3 Å². The zero-order chi connectivity index (χ0) is 21.2. The number of nitrogens with one attached hydrogen (secondary N) is 1. The van der Waals surface area contributed by atoms with Crippen LogP contribution in [-0.2, 0) is 9.59 Å². The summed E-state index contributed by atoms with van der Waals surface area (Å²) in [4.78, 5) is 34.1. The van der Waals surface area contributed by atoms with Crippen LogP contribution in [0.1, 0.15) is 58.3 Å². The molecule has 0 saturated carbocycles. The second kappa shape index (κ2) is 7.80. The molecule has 0 saturated heterocycles. The third kappa shape index (κ3) is 4.94. The molecule has 1 aromatic carbocycles. The van der Waals surface area contributed by atoms with Crippen molar-refractivity contribution < 1.29 is 28.7 Å². The van der Waals surface area contributed by atoms with Crippen molar-refractivity contribution in [3.05, 3.63) is 29.8 Å². The minimum Gasteiger partial charge on any atom is -0.481 e. The molecule has 3 N–H and O–H groups in total. The summed E-state index contributed by atoms with van der Waals surface area (Å²) in [6, 6.07) is 4.51. The predicted octanol–water partition coefficient (Wildman–Crippen LogP) is 3.07. The second-order valence-electron chi connectivity index (χ2n) is 8.70. The molecule has 0 aliphatic carbocycles. The number of aliphatic carboxylic acids is 2. The van der Waals surface area contributed by atoms with Crippen molar-refractivity contribution in [3.8, 4) is 0 Å². The first-order valence-electron chi connectivity index (χ1n) is 8.66. The van der Waals surface area contributed by atoms with Gasteiger partial charge in [-0.25, -0.2) is 4.79 Å². The Hall–Kier alpha value is -2.22.